The molecule has 1 aromatic heterocycles. The molecule has 0 saturated heterocycles. The van der Waals surface area contributed by atoms with Crippen molar-refractivity contribution in [1.82, 2.24) is 9.97 Å². The number of aromatic nitrogens is 2. The third-order valence-corrected chi connectivity index (χ3v) is 6.48. The molecule has 0 radical (unpaired) electrons. The molecule has 5 heteroatoms. The van der Waals surface area contributed by atoms with Gasteiger partial charge in [0.1, 0.15) is 0 Å². The van der Waals surface area contributed by atoms with Gasteiger partial charge in [0.2, 0.25) is 0 Å². The van der Waals surface area contributed by atoms with Crippen LogP contribution in [-0.2, 0) is 18.8 Å². The number of anilines is 1. The fourth-order valence-electron chi connectivity index (χ4n) is 4.41. The zero-order valence-corrected chi connectivity index (χ0v) is 21.6. The Morgan fingerprint density at radius 2 is 1.51 bits per heavy atom. The molecule has 0 aliphatic carbocycles. The van der Waals surface area contributed by atoms with Crippen molar-refractivity contribution in [3.05, 3.63) is 114 Å². The molecular formula is C32H33F2N3. The van der Waals surface area contributed by atoms with Crippen LogP contribution in [0.5, 0.6) is 0 Å². The van der Waals surface area contributed by atoms with Gasteiger partial charge in [-0.1, -0.05) is 87.5 Å². The number of allylic oxidation sites excluding steroid dienone is 2. The molecule has 3 aromatic carbocycles. The van der Waals surface area contributed by atoms with Crippen molar-refractivity contribution in [2.24, 2.45) is 0 Å². The number of nitrogens with one attached hydrogen (secondary N) is 1. The quantitative estimate of drug-likeness (QED) is 0.238. The van der Waals surface area contributed by atoms with E-state index in [-0.39, 0.29) is 12.0 Å². The van der Waals surface area contributed by atoms with E-state index in [9.17, 15) is 8.78 Å². The van der Waals surface area contributed by atoms with Gasteiger partial charge in [0.15, 0.2) is 0 Å². The third kappa shape index (κ3) is 6.29. The fourth-order valence-corrected chi connectivity index (χ4v) is 4.41. The molecule has 0 amide bonds. The summed E-state index contributed by atoms with van der Waals surface area (Å²) < 4.78 is 27.9. The number of alkyl halides is 2. The van der Waals surface area contributed by atoms with Crippen LogP contribution in [0.15, 0.2) is 97.0 Å². The van der Waals surface area contributed by atoms with Gasteiger partial charge in [0.05, 0.1) is 11.4 Å². The molecule has 0 bridgehead atoms. The molecule has 0 saturated carbocycles. The first-order valence-electron chi connectivity index (χ1n) is 12.9. The second kappa shape index (κ2) is 11.9. The summed E-state index contributed by atoms with van der Waals surface area (Å²) in [6, 6.07) is 23.1. The van der Waals surface area contributed by atoms with Gasteiger partial charge in [-0.2, -0.15) is 0 Å². The van der Waals surface area contributed by atoms with Gasteiger partial charge in [-0.05, 0) is 36.1 Å². The Hall–Kier alpha value is -3.86. The standard InChI is InChI=1S/C32H33F2N3/c1-4-9-28(22-23-12-16-26(17-13-23)32(33,34)6-3)37-27-18-14-25(15-19-27)30-31(36-21-20-35-30)29-11-8-7-10-24(29)5-2/h7-21,37H,4-6,22H2,1-3H3/b28-9-. The molecule has 3 nitrogen and oxygen atoms in total. The summed E-state index contributed by atoms with van der Waals surface area (Å²) >= 11 is 0. The average molecular weight is 498 g/mol. The number of halogens is 2. The summed E-state index contributed by atoms with van der Waals surface area (Å²) in [5, 5.41) is 3.50. The number of nitrogens with zero attached hydrogens (tertiary/aromatic N) is 2. The lowest BCUT2D eigenvalue weighted by Gasteiger charge is -2.16. The largest absolute Gasteiger partial charge is 0.359 e. The second-order valence-corrected chi connectivity index (χ2v) is 9.04. The Balaban J connectivity index is 1.53. The maximum Gasteiger partial charge on any atom is 0.273 e. The maximum absolute atomic E-state index is 14.0. The average Bonchev–Trinajstić information content (AvgIpc) is 2.94. The highest BCUT2D eigenvalue weighted by Gasteiger charge is 2.28. The molecule has 0 aliphatic heterocycles. The highest BCUT2D eigenvalue weighted by molar-refractivity contribution is 5.80. The first-order chi connectivity index (χ1) is 17.9. The van der Waals surface area contributed by atoms with E-state index in [1.54, 1.807) is 24.5 Å². The van der Waals surface area contributed by atoms with Crippen LogP contribution < -0.4 is 5.32 Å². The van der Waals surface area contributed by atoms with E-state index in [0.29, 0.717) is 6.42 Å². The zero-order chi connectivity index (χ0) is 26.3. The van der Waals surface area contributed by atoms with Gasteiger partial charge in [-0.25, -0.2) is 8.78 Å². The molecule has 190 valence electrons. The lowest BCUT2D eigenvalue weighted by atomic mass is 9.98. The van der Waals surface area contributed by atoms with E-state index >= 15 is 0 Å². The first kappa shape index (κ1) is 26.2. The molecule has 4 aromatic rings. The summed E-state index contributed by atoms with van der Waals surface area (Å²) in [6.45, 7) is 5.73. The predicted molar refractivity (Wildman–Crippen MR) is 149 cm³/mol. The van der Waals surface area contributed by atoms with Gasteiger partial charge in [0.25, 0.3) is 5.92 Å². The smallest absolute Gasteiger partial charge is 0.273 e. The highest BCUT2D eigenvalue weighted by Crippen LogP contribution is 2.33. The Bertz CT molecular complexity index is 1340. The van der Waals surface area contributed by atoms with Crippen molar-refractivity contribution in [3.63, 3.8) is 0 Å². The molecule has 0 spiro atoms. The molecule has 1 N–H and O–H groups in total. The van der Waals surface area contributed by atoms with Gasteiger partial charge in [0, 0.05) is 53.3 Å². The Kier molecular flexibility index (Phi) is 8.44. The minimum absolute atomic E-state index is 0.0632. The molecule has 0 aliphatic rings. The second-order valence-electron chi connectivity index (χ2n) is 9.04. The van der Waals surface area contributed by atoms with E-state index in [1.807, 2.05) is 18.2 Å². The highest BCUT2D eigenvalue weighted by atomic mass is 19.3. The van der Waals surface area contributed by atoms with Crippen LogP contribution in [0.2, 0.25) is 0 Å². The maximum atomic E-state index is 14.0. The number of hydrogen-bond donors (Lipinski definition) is 1. The van der Waals surface area contributed by atoms with Gasteiger partial charge < -0.3 is 5.32 Å². The molecule has 1 heterocycles. The van der Waals surface area contributed by atoms with Crippen LogP contribution in [0.25, 0.3) is 22.5 Å². The van der Waals surface area contributed by atoms with Crippen LogP contribution in [0.4, 0.5) is 14.5 Å². The molecule has 0 fully saturated rings. The fraction of sp³-hybridized carbons (Fsp3) is 0.250. The van der Waals surface area contributed by atoms with Crippen molar-refractivity contribution >= 4 is 5.69 Å². The van der Waals surface area contributed by atoms with E-state index in [1.165, 1.54) is 24.6 Å². The summed E-state index contributed by atoms with van der Waals surface area (Å²) in [6.07, 6.45) is 7.81. The summed E-state index contributed by atoms with van der Waals surface area (Å²) in [7, 11) is 0. The summed E-state index contributed by atoms with van der Waals surface area (Å²) in [5.41, 5.74) is 8.10. The van der Waals surface area contributed by atoms with E-state index in [4.69, 9.17) is 0 Å². The van der Waals surface area contributed by atoms with Crippen LogP contribution in [-0.4, -0.2) is 9.97 Å². The van der Waals surface area contributed by atoms with Gasteiger partial charge in [-0.15, -0.1) is 0 Å². The topological polar surface area (TPSA) is 37.8 Å². The summed E-state index contributed by atoms with van der Waals surface area (Å²) in [5.74, 6) is -2.79. The lowest BCUT2D eigenvalue weighted by molar-refractivity contribution is -0.00829. The van der Waals surface area contributed by atoms with Crippen molar-refractivity contribution in [3.8, 4) is 22.5 Å². The van der Waals surface area contributed by atoms with Crippen LogP contribution in [0.3, 0.4) is 0 Å². The van der Waals surface area contributed by atoms with E-state index in [2.05, 4.69) is 65.5 Å². The van der Waals surface area contributed by atoms with Crippen LogP contribution in [0.1, 0.15) is 50.3 Å². The first-order valence-corrected chi connectivity index (χ1v) is 12.9. The third-order valence-electron chi connectivity index (χ3n) is 6.48. The minimum Gasteiger partial charge on any atom is -0.359 e. The molecule has 0 atom stereocenters. The molecule has 4 rings (SSSR count). The number of rotatable bonds is 10. The Labute approximate surface area is 218 Å². The zero-order valence-electron chi connectivity index (χ0n) is 21.6. The minimum atomic E-state index is -2.79. The Morgan fingerprint density at radius 3 is 2.16 bits per heavy atom. The predicted octanol–water partition coefficient (Wildman–Crippen LogP) is 8.82. The van der Waals surface area contributed by atoms with Gasteiger partial charge in [-0.3, -0.25) is 9.97 Å². The molecular weight excluding hydrogens is 464 g/mol. The summed E-state index contributed by atoms with van der Waals surface area (Å²) in [4.78, 5) is 9.33. The Morgan fingerprint density at radius 1 is 0.838 bits per heavy atom. The van der Waals surface area contributed by atoms with Crippen molar-refractivity contribution in [2.45, 2.75) is 52.4 Å². The molecule has 0 unspecified atom stereocenters. The SMILES string of the molecule is CC/C=C(/Cc1ccc(C(F)(F)CC)cc1)Nc1ccc(-c2nccnc2-c2ccccc2CC)cc1. The van der Waals surface area contributed by atoms with E-state index < -0.39 is 5.92 Å². The van der Waals surface area contributed by atoms with Gasteiger partial charge >= 0.3 is 0 Å². The number of hydrogen-bond acceptors (Lipinski definition) is 3. The molecule has 37 heavy (non-hydrogen) atoms. The van der Waals surface area contributed by atoms with Crippen molar-refractivity contribution in [1.29, 1.82) is 0 Å². The number of benzene rings is 3. The number of aryl methyl sites for hydroxylation is 1. The van der Waals surface area contributed by atoms with Crippen LogP contribution in [0, 0.1) is 0 Å². The van der Waals surface area contributed by atoms with E-state index in [0.717, 1.165) is 52.3 Å². The van der Waals surface area contributed by atoms with Crippen molar-refractivity contribution in [2.75, 3.05) is 5.32 Å². The van der Waals surface area contributed by atoms with Crippen LogP contribution >= 0.6 is 0 Å². The lowest BCUT2D eigenvalue weighted by Crippen LogP contribution is -2.11. The van der Waals surface area contributed by atoms with Crippen molar-refractivity contribution < 1.29 is 8.78 Å². The monoisotopic (exact) mass is 497 g/mol. The normalized spacial score (nSPS) is 12.0.